The Bertz CT molecular complexity index is 1850. The molecule has 4 aromatic rings. The van der Waals surface area contributed by atoms with Crippen molar-refractivity contribution in [2.45, 2.75) is 55.8 Å². The highest BCUT2D eigenvalue weighted by atomic mass is 32.2. The zero-order chi connectivity index (χ0) is 27.5. The Kier molecular flexibility index (Phi) is 6.21. The van der Waals surface area contributed by atoms with Crippen LogP contribution in [0.5, 0.6) is 0 Å². The lowest BCUT2D eigenvalue weighted by Crippen LogP contribution is -2.43. The average molecular weight is 567 g/mol. The van der Waals surface area contributed by atoms with E-state index in [0.717, 1.165) is 38.8 Å². The fourth-order valence-electron chi connectivity index (χ4n) is 4.79. The lowest BCUT2D eigenvalue weighted by atomic mass is 9.96. The Hall–Kier alpha value is -3.40. The van der Waals surface area contributed by atoms with Crippen LogP contribution in [-0.2, 0) is 52.9 Å². The lowest BCUT2D eigenvalue weighted by molar-refractivity contribution is 0.133. The van der Waals surface area contributed by atoms with E-state index in [4.69, 9.17) is 4.74 Å². The molecule has 15 heteroatoms. The second-order valence-electron chi connectivity index (χ2n) is 10.1. The number of aromatic nitrogens is 5. The average Bonchev–Trinajstić information content (AvgIpc) is 3.29. The van der Waals surface area contributed by atoms with Crippen LogP contribution in [0.3, 0.4) is 0 Å². The third-order valence-electron chi connectivity index (χ3n) is 7.14. The molecule has 1 aliphatic heterocycles. The molecule has 0 aromatic carbocycles. The van der Waals surface area contributed by atoms with Crippen molar-refractivity contribution in [2.75, 3.05) is 0 Å². The van der Waals surface area contributed by atoms with Crippen LogP contribution >= 0.6 is 11.3 Å². The summed E-state index contributed by atoms with van der Waals surface area (Å²) in [6.07, 6.45) is 6.59. The number of hydrogen-bond donors (Lipinski definition) is 0. The first kappa shape index (κ1) is 25.9. The SMILES string of the molecule is Cn1cc(Cn2c(=O)c3cc(S(=O)(=O)N([B]C=O)C4(C)CC4)sc3n(Cc3cnc4c(c3)COC4)c2=O)cn1. The third kappa shape index (κ3) is 4.48. The molecule has 1 aliphatic carbocycles. The monoisotopic (exact) mass is 567 g/mol. The Morgan fingerprint density at radius 1 is 1.15 bits per heavy atom. The Morgan fingerprint density at radius 2 is 1.92 bits per heavy atom. The lowest BCUT2D eigenvalue weighted by Gasteiger charge is -2.25. The highest BCUT2D eigenvalue weighted by Crippen LogP contribution is 2.44. The van der Waals surface area contributed by atoms with E-state index in [-0.39, 0.29) is 27.5 Å². The number of carbonyl (C=O) groups is 1. The van der Waals surface area contributed by atoms with Crippen molar-refractivity contribution in [3.8, 4) is 0 Å². The van der Waals surface area contributed by atoms with E-state index in [9.17, 15) is 22.8 Å². The molecule has 1 saturated carbocycles. The van der Waals surface area contributed by atoms with E-state index in [1.807, 2.05) is 6.07 Å². The molecule has 12 nitrogen and oxygen atoms in total. The van der Waals surface area contributed by atoms with E-state index in [0.29, 0.717) is 43.4 Å². The van der Waals surface area contributed by atoms with E-state index < -0.39 is 26.8 Å². The van der Waals surface area contributed by atoms with E-state index in [1.54, 1.807) is 37.2 Å². The first-order chi connectivity index (χ1) is 18.6. The molecule has 6 rings (SSSR count). The predicted molar refractivity (Wildman–Crippen MR) is 144 cm³/mol. The fourth-order valence-corrected chi connectivity index (χ4v) is 8.00. The maximum atomic E-state index is 13.8. The van der Waals surface area contributed by atoms with Crippen LogP contribution in [0.2, 0.25) is 0 Å². The minimum atomic E-state index is -4.16. The summed E-state index contributed by atoms with van der Waals surface area (Å²) in [6.45, 7) is 2.65. The van der Waals surface area contributed by atoms with Crippen molar-refractivity contribution >= 4 is 45.2 Å². The van der Waals surface area contributed by atoms with Gasteiger partial charge in [-0.1, -0.05) is 0 Å². The van der Waals surface area contributed by atoms with Gasteiger partial charge in [0.15, 0.2) is 0 Å². The van der Waals surface area contributed by atoms with E-state index in [1.165, 1.54) is 10.6 Å². The fraction of sp³-hybridized carbons (Fsp3) is 0.375. The van der Waals surface area contributed by atoms with Crippen molar-refractivity contribution < 1.29 is 17.9 Å². The second kappa shape index (κ2) is 9.36. The quantitative estimate of drug-likeness (QED) is 0.214. The zero-order valence-corrected chi connectivity index (χ0v) is 22.9. The largest absolute Gasteiger partial charge is 0.370 e. The van der Waals surface area contributed by atoms with Gasteiger partial charge in [0.25, 0.3) is 5.56 Å². The number of carbonyl (C=O) groups excluding carboxylic acids is 1. The molecule has 39 heavy (non-hydrogen) atoms. The van der Waals surface area contributed by atoms with Crippen LogP contribution in [0, 0.1) is 0 Å². The van der Waals surface area contributed by atoms with Gasteiger partial charge in [-0.25, -0.2) is 17.4 Å². The Balaban J connectivity index is 1.52. The van der Waals surface area contributed by atoms with Crippen LogP contribution < -0.4 is 11.2 Å². The van der Waals surface area contributed by atoms with Crippen molar-refractivity contribution in [1.29, 1.82) is 0 Å². The molecule has 0 atom stereocenters. The summed E-state index contributed by atoms with van der Waals surface area (Å²) in [5, 5.41) is 4.22. The van der Waals surface area contributed by atoms with Crippen molar-refractivity contribution in [3.63, 3.8) is 0 Å². The number of rotatable bonds is 9. The number of fused-ring (bicyclic) bond motifs is 2. The van der Waals surface area contributed by atoms with Gasteiger partial charge in [-0.05, 0) is 37.5 Å². The van der Waals surface area contributed by atoms with E-state index in [2.05, 4.69) is 10.1 Å². The minimum absolute atomic E-state index is 0.0290. The van der Waals surface area contributed by atoms with Gasteiger partial charge in [0.2, 0.25) is 10.0 Å². The molecule has 5 heterocycles. The summed E-state index contributed by atoms with van der Waals surface area (Å²) in [5.74, 6) is 0. The standard InChI is InChI=1S/C24H24BN6O6S2/c1-24(3-4-24)31(25-14-32)39(35,36)20-6-18-21(33)29(11-16-8-27-28(2)9-16)23(34)30(22(18)38-20)10-15-5-17-12-37-13-19(17)26-7-15/h5-9,14H,3-4,10-13H2,1-2H3. The summed E-state index contributed by atoms with van der Waals surface area (Å²) in [5.41, 5.74) is 1.24. The highest BCUT2D eigenvalue weighted by Gasteiger charge is 2.49. The molecule has 2 aliphatic rings. The van der Waals surface area contributed by atoms with Gasteiger partial charge >= 0.3 is 13.1 Å². The molecule has 0 unspecified atom stereocenters. The van der Waals surface area contributed by atoms with Crippen molar-refractivity contribution in [3.05, 3.63) is 73.9 Å². The highest BCUT2D eigenvalue weighted by molar-refractivity contribution is 7.92. The van der Waals surface area contributed by atoms with Crippen LogP contribution in [0.1, 0.15) is 42.1 Å². The van der Waals surface area contributed by atoms with Gasteiger partial charge < -0.3 is 9.53 Å². The summed E-state index contributed by atoms with van der Waals surface area (Å²) in [4.78, 5) is 43.3. The molecule has 4 aromatic heterocycles. The first-order valence-electron chi connectivity index (χ1n) is 12.2. The van der Waals surface area contributed by atoms with E-state index >= 15 is 0 Å². The van der Waals surface area contributed by atoms with Gasteiger partial charge in [-0.2, -0.15) is 5.10 Å². The molecule has 0 spiro atoms. The number of nitrogens with zero attached hydrogens (tertiary/aromatic N) is 6. The van der Waals surface area contributed by atoms with Crippen molar-refractivity contribution in [2.24, 2.45) is 7.05 Å². The normalized spacial score (nSPS) is 16.1. The molecule has 1 fully saturated rings. The maximum absolute atomic E-state index is 13.8. The number of pyridine rings is 1. The van der Waals surface area contributed by atoms with Crippen molar-refractivity contribution in [1.82, 2.24) is 28.1 Å². The smallest absolute Gasteiger partial charge is 0.332 e. The van der Waals surface area contributed by atoms with Crippen LogP contribution in [0.25, 0.3) is 10.2 Å². The van der Waals surface area contributed by atoms with Gasteiger partial charge in [-0.3, -0.25) is 23.6 Å². The van der Waals surface area contributed by atoms with Crippen LogP contribution in [0.15, 0.2) is 44.5 Å². The second-order valence-corrected chi connectivity index (χ2v) is 13.2. The molecule has 0 bridgehead atoms. The molecule has 0 amide bonds. The first-order valence-corrected chi connectivity index (χ1v) is 14.5. The number of sulfonamides is 1. The molecular weight excluding hydrogens is 543 g/mol. The zero-order valence-electron chi connectivity index (χ0n) is 21.2. The number of thiophene rings is 1. The third-order valence-corrected chi connectivity index (χ3v) is 10.7. The Labute approximate surface area is 227 Å². The number of aryl methyl sites for hydroxylation is 1. The molecule has 0 N–H and O–H groups in total. The molecule has 1 radical (unpaired) electrons. The molecule has 0 saturated heterocycles. The van der Waals surface area contributed by atoms with Gasteiger partial charge in [0.05, 0.1) is 49.8 Å². The summed E-state index contributed by atoms with van der Waals surface area (Å²) in [6, 6.07) is 3.21. The van der Waals surface area contributed by atoms with Gasteiger partial charge in [0, 0.05) is 36.1 Å². The number of hydrogen-bond acceptors (Lipinski definition) is 9. The predicted octanol–water partition coefficient (Wildman–Crippen LogP) is 0.833. The minimum Gasteiger partial charge on any atom is -0.370 e. The topological polar surface area (TPSA) is 138 Å². The van der Waals surface area contributed by atoms with Gasteiger partial charge in [0.1, 0.15) is 9.04 Å². The maximum Gasteiger partial charge on any atom is 0.332 e. The summed E-state index contributed by atoms with van der Waals surface area (Å²) < 4.78 is 37.8. The van der Waals surface area contributed by atoms with Gasteiger partial charge in [-0.15, -0.1) is 11.3 Å². The summed E-state index contributed by atoms with van der Waals surface area (Å²) in [7, 11) is -1.41. The molecule has 201 valence electrons. The molecular formula is C24H24BN6O6S2. The number of ether oxygens (including phenoxy) is 1. The summed E-state index contributed by atoms with van der Waals surface area (Å²) >= 11 is 0.844. The Morgan fingerprint density at radius 3 is 2.62 bits per heavy atom. The van der Waals surface area contributed by atoms with Crippen LogP contribution in [-0.4, -0.2) is 55.7 Å². The van der Waals surface area contributed by atoms with Crippen LogP contribution in [0.4, 0.5) is 0 Å².